The maximum Gasteiger partial charge on any atom is 0.138 e. The molecule has 0 N–H and O–H groups in total. The quantitative estimate of drug-likeness (QED) is 0.208. The minimum atomic E-state index is -1.76. The summed E-state index contributed by atoms with van der Waals surface area (Å²) in [7, 11) is -5.27. The first-order chi connectivity index (χ1) is 18.7. The zero-order valence-corrected chi connectivity index (χ0v) is 29.1. The third kappa shape index (κ3) is 7.46. The molecule has 0 spiro atoms. The molecule has 0 bridgehead atoms. The molecule has 1 aromatic rings. The number of benzene rings is 1. The van der Waals surface area contributed by atoms with Crippen LogP contribution in [0, 0.1) is 71.4 Å². The summed E-state index contributed by atoms with van der Waals surface area (Å²) in [5, 5.41) is 0. The molecule has 0 atom stereocenters. The lowest BCUT2D eigenvalue weighted by atomic mass is 9.87. The summed E-state index contributed by atoms with van der Waals surface area (Å²) in [4.78, 5) is 0. The molecule has 0 unspecified atom stereocenters. The van der Waals surface area contributed by atoms with Crippen LogP contribution >= 0.6 is 0 Å². The maximum atomic E-state index is 6.20. The molecule has 1 aromatic carbocycles. The lowest BCUT2D eigenvalue weighted by molar-refractivity contribution is 1.20. The van der Waals surface area contributed by atoms with Crippen LogP contribution in [0.15, 0.2) is 0 Å². The highest BCUT2D eigenvalue weighted by atomic mass is 28.3. The van der Waals surface area contributed by atoms with Crippen LogP contribution in [0.1, 0.15) is 95.7 Å². The van der Waals surface area contributed by atoms with E-state index in [0.717, 1.165) is 54.4 Å². The highest BCUT2D eigenvalue weighted by molar-refractivity contribution is 6.88. The van der Waals surface area contributed by atoms with E-state index >= 15 is 0 Å². The van der Waals surface area contributed by atoms with E-state index in [0.29, 0.717) is 33.4 Å². The van der Waals surface area contributed by atoms with E-state index in [9.17, 15) is 0 Å². The summed E-state index contributed by atoms with van der Waals surface area (Å²) in [5.74, 6) is 19.4. The number of terminal acetylenes is 3. The van der Waals surface area contributed by atoms with Crippen molar-refractivity contribution >= 4 is 24.2 Å². The second kappa shape index (κ2) is 15.7. The third-order valence-electron chi connectivity index (χ3n) is 9.38. The minimum Gasteiger partial charge on any atom is -0.126 e. The number of hydrogen-bond donors (Lipinski definition) is 0. The van der Waals surface area contributed by atoms with E-state index in [2.05, 4.69) is 114 Å². The van der Waals surface area contributed by atoms with Crippen molar-refractivity contribution in [2.75, 3.05) is 0 Å². The highest BCUT2D eigenvalue weighted by Crippen LogP contribution is 2.29. The van der Waals surface area contributed by atoms with Gasteiger partial charge in [-0.15, -0.1) is 35.9 Å². The van der Waals surface area contributed by atoms with Crippen molar-refractivity contribution in [2.45, 2.75) is 117 Å². The van der Waals surface area contributed by atoms with Crippen LogP contribution in [0.4, 0.5) is 0 Å². The van der Waals surface area contributed by atoms with Crippen LogP contribution in [-0.4, -0.2) is 24.2 Å². The number of hydrogen-bond acceptors (Lipinski definition) is 0. The molecule has 0 saturated carbocycles. The van der Waals surface area contributed by atoms with Gasteiger partial charge in [-0.1, -0.05) is 97.8 Å². The van der Waals surface area contributed by atoms with E-state index in [1.54, 1.807) is 0 Å². The lowest BCUT2D eigenvalue weighted by Gasteiger charge is -2.21. The Morgan fingerprint density at radius 1 is 0.359 bits per heavy atom. The lowest BCUT2D eigenvalue weighted by Crippen LogP contribution is -2.29. The van der Waals surface area contributed by atoms with Crippen molar-refractivity contribution < 1.29 is 0 Å². The van der Waals surface area contributed by atoms with Crippen molar-refractivity contribution in [2.24, 2.45) is 0 Å². The largest absolute Gasteiger partial charge is 0.138 e. The van der Waals surface area contributed by atoms with Gasteiger partial charge < -0.3 is 0 Å². The fourth-order valence-corrected chi connectivity index (χ4v) is 12.5. The van der Waals surface area contributed by atoms with Gasteiger partial charge in [0.05, 0.1) is 33.4 Å². The Morgan fingerprint density at radius 2 is 0.538 bits per heavy atom. The van der Waals surface area contributed by atoms with Gasteiger partial charge >= 0.3 is 0 Å². The first-order valence-electron chi connectivity index (χ1n) is 14.9. The fraction of sp³-hybridized carbons (Fsp3) is 0.500. The number of rotatable bonds is 9. The summed E-state index contributed by atoms with van der Waals surface area (Å²) in [5.41, 5.74) is 15.2. The molecule has 0 aliphatic heterocycles. The van der Waals surface area contributed by atoms with Crippen LogP contribution in [0.3, 0.4) is 0 Å². The van der Waals surface area contributed by atoms with Crippen molar-refractivity contribution in [3.05, 3.63) is 33.4 Å². The van der Waals surface area contributed by atoms with Gasteiger partial charge in [0.25, 0.3) is 0 Å². The van der Waals surface area contributed by atoms with Crippen molar-refractivity contribution in [1.29, 1.82) is 0 Å². The molecule has 0 fully saturated rings. The van der Waals surface area contributed by atoms with E-state index in [1.807, 2.05) is 0 Å². The topological polar surface area (TPSA) is 0 Å². The Morgan fingerprint density at radius 3 is 0.667 bits per heavy atom. The van der Waals surface area contributed by atoms with Gasteiger partial charge in [0, 0.05) is 0 Å². The van der Waals surface area contributed by atoms with Gasteiger partial charge in [-0.2, -0.15) is 0 Å². The van der Waals surface area contributed by atoms with E-state index in [1.165, 1.54) is 0 Å². The molecule has 0 aliphatic rings. The van der Waals surface area contributed by atoms with Crippen LogP contribution in [-0.2, 0) is 0 Å². The summed E-state index contributed by atoms with van der Waals surface area (Å²) < 4.78 is 0. The molecular formula is C36H48Si3. The summed E-state index contributed by atoms with van der Waals surface area (Å²) in [6, 6.07) is 9.88. The van der Waals surface area contributed by atoms with Gasteiger partial charge in [0.2, 0.25) is 0 Å². The average molecular weight is 565 g/mol. The average Bonchev–Trinajstić information content (AvgIpc) is 2.99. The standard InChI is InChI=1S/C36H48Si3/c1-13-31-34(25-28-37(16-4,17-5)18-6)32(14-2)36(27-30-39(22-10,23-11)24-12)33(15-3)35(31)26-29-38(19-7,20-8)21-9/h1-3H,16-24H2,4-12H3. The Hall–Kier alpha value is -2.77. The Labute approximate surface area is 245 Å². The summed E-state index contributed by atoms with van der Waals surface area (Å²) in [6.07, 6.45) is 18.6. The molecule has 0 aromatic heterocycles. The molecule has 0 saturated heterocycles. The Bertz CT molecular complexity index is 1110. The highest BCUT2D eigenvalue weighted by Gasteiger charge is 2.28. The Kier molecular flexibility index (Phi) is 13.8. The van der Waals surface area contributed by atoms with Gasteiger partial charge in [-0.25, -0.2) is 0 Å². The molecule has 204 valence electrons. The van der Waals surface area contributed by atoms with E-state index in [4.69, 9.17) is 19.3 Å². The second-order valence-corrected chi connectivity index (χ2v) is 25.3. The molecule has 0 radical (unpaired) electrons. The molecule has 0 heterocycles. The zero-order valence-electron chi connectivity index (χ0n) is 26.1. The first-order valence-corrected chi connectivity index (χ1v) is 22.8. The molecule has 0 nitrogen and oxygen atoms in total. The van der Waals surface area contributed by atoms with Gasteiger partial charge in [-0.05, 0) is 54.4 Å². The third-order valence-corrected chi connectivity index (χ3v) is 23.5. The molecule has 0 amide bonds. The SMILES string of the molecule is C#Cc1c(C#C[Si](CC)(CC)CC)c(C#C)c(C#C[Si](CC)(CC)CC)c(C#C)c1C#C[Si](CC)(CC)CC. The monoisotopic (exact) mass is 564 g/mol. The molecule has 0 aliphatic carbocycles. The fourth-order valence-electron chi connectivity index (χ4n) is 5.19. The normalized spacial score (nSPS) is 10.9. The zero-order chi connectivity index (χ0) is 29.7. The minimum absolute atomic E-state index is 0.642. The molecule has 3 heteroatoms. The van der Waals surface area contributed by atoms with Gasteiger partial charge in [-0.3, -0.25) is 0 Å². The van der Waals surface area contributed by atoms with Crippen molar-refractivity contribution in [1.82, 2.24) is 0 Å². The summed E-state index contributed by atoms with van der Waals surface area (Å²) >= 11 is 0. The van der Waals surface area contributed by atoms with Crippen LogP contribution in [0.2, 0.25) is 54.4 Å². The second-order valence-electron chi connectivity index (χ2n) is 10.5. The van der Waals surface area contributed by atoms with E-state index in [-0.39, 0.29) is 0 Å². The Balaban J connectivity index is 4.45. The van der Waals surface area contributed by atoms with Crippen molar-refractivity contribution in [3.63, 3.8) is 0 Å². The predicted molar refractivity (Wildman–Crippen MR) is 182 cm³/mol. The molecular weight excluding hydrogens is 517 g/mol. The van der Waals surface area contributed by atoms with Gasteiger partial charge in [0.1, 0.15) is 24.2 Å². The van der Waals surface area contributed by atoms with Crippen LogP contribution < -0.4 is 0 Å². The van der Waals surface area contributed by atoms with E-state index < -0.39 is 24.2 Å². The molecule has 39 heavy (non-hydrogen) atoms. The molecule has 1 rings (SSSR count). The van der Waals surface area contributed by atoms with Gasteiger partial charge in [0.15, 0.2) is 0 Å². The predicted octanol–water partition coefficient (Wildman–Crippen LogP) is 8.83. The van der Waals surface area contributed by atoms with Crippen molar-refractivity contribution in [3.8, 4) is 71.4 Å². The summed E-state index contributed by atoms with van der Waals surface area (Å²) in [6.45, 7) is 20.3. The first kappa shape index (κ1) is 34.3. The van der Waals surface area contributed by atoms with Crippen LogP contribution in [0.25, 0.3) is 0 Å². The maximum absolute atomic E-state index is 6.20. The van der Waals surface area contributed by atoms with Crippen LogP contribution in [0.5, 0.6) is 0 Å². The smallest absolute Gasteiger partial charge is 0.126 e.